The minimum Gasteiger partial charge on any atom is -0.342 e. The molecule has 4 aliphatic rings. The van der Waals surface area contributed by atoms with Crippen LogP contribution in [0.1, 0.15) is 44.7 Å². The van der Waals surface area contributed by atoms with Gasteiger partial charge in [0, 0.05) is 44.3 Å². The maximum absolute atomic E-state index is 13.8. The van der Waals surface area contributed by atoms with Crippen LogP contribution < -0.4 is 4.90 Å². The number of piperidine rings is 1. The summed E-state index contributed by atoms with van der Waals surface area (Å²) in [5, 5.41) is 0. The molecule has 29 heavy (non-hydrogen) atoms. The predicted molar refractivity (Wildman–Crippen MR) is 111 cm³/mol. The molecule has 2 saturated carbocycles. The van der Waals surface area contributed by atoms with E-state index in [2.05, 4.69) is 16.8 Å². The van der Waals surface area contributed by atoms with Gasteiger partial charge in [0.2, 0.25) is 11.8 Å². The van der Waals surface area contributed by atoms with Crippen LogP contribution in [0.2, 0.25) is 0 Å². The minimum absolute atomic E-state index is 0.210. The smallest absolute Gasteiger partial charge is 0.247 e. The third kappa shape index (κ3) is 3.45. The molecule has 2 amide bonds. The van der Waals surface area contributed by atoms with Crippen LogP contribution in [-0.4, -0.2) is 64.9 Å². The molecule has 0 unspecified atom stereocenters. The Morgan fingerprint density at radius 1 is 1.17 bits per heavy atom. The van der Waals surface area contributed by atoms with Crippen molar-refractivity contribution in [3.8, 4) is 0 Å². The molecular formula is C23H32N4O2. The number of rotatable bonds is 4. The normalized spacial score (nSPS) is 29.4. The van der Waals surface area contributed by atoms with Crippen LogP contribution in [0.25, 0.3) is 0 Å². The Morgan fingerprint density at radius 3 is 2.48 bits per heavy atom. The number of hydrogen-bond acceptors (Lipinski definition) is 4. The molecule has 2 aliphatic heterocycles. The highest BCUT2D eigenvalue weighted by atomic mass is 16.2. The lowest BCUT2D eigenvalue weighted by molar-refractivity contribution is -0.144. The standard InChI is InChI=1S/C23H32N4O2/c1-16-13-20(16)21(28)25-9-7-23(8-10-25)22(29)27(19-6-3-17(2)24-14-19)12-11-26(23)15-18-4-5-18/h3,6,14,16,18,20H,4-5,7-13,15H2,1-2H3/t16-,20-/m1/s1. The van der Waals surface area contributed by atoms with Crippen molar-refractivity contribution >= 4 is 17.5 Å². The van der Waals surface area contributed by atoms with Gasteiger partial charge in [-0.3, -0.25) is 19.5 Å². The zero-order valence-electron chi connectivity index (χ0n) is 17.6. The zero-order chi connectivity index (χ0) is 20.2. The quantitative estimate of drug-likeness (QED) is 0.785. The van der Waals surface area contributed by atoms with Gasteiger partial charge in [-0.25, -0.2) is 0 Å². The van der Waals surface area contributed by atoms with Crippen molar-refractivity contribution in [2.75, 3.05) is 37.6 Å². The molecule has 6 nitrogen and oxygen atoms in total. The summed E-state index contributed by atoms with van der Waals surface area (Å²) in [6, 6.07) is 3.99. The largest absolute Gasteiger partial charge is 0.342 e. The monoisotopic (exact) mass is 396 g/mol. The highest BCUT2D eigenvalue weighted by Gasteiger charge is 2.53. The van der Waals surface area contributed by atoms with Gasteiger partial charge in [-0.2, -0.15) is 0 Å². The average molecular weight is 397 g/mol. The van der Waals surface area contributed by atoms with Crippen molar-refractivity contribution in [1.29, 1.82) is 0 Å². The van der Waals surface area contributed by atoms with E-state index < -0.39 is 5.54 Å². The Hall–Kier alpha value is -1.95. The zero-order valence-corrected chi connectivity index (χ0v) is 17.6. The molecule has 5 rings (SSSR count). The van der Waals surface area contributed by atoms with Gasteiger partial charge in [-0.15, -0.1) is 0 Å². The first-order chi connectivity index (χ1) is 14.0. The van der Waals surface area contributed by atoms with Gasteiger partial charge in [0.05, 0.1) is 11.9 Å². The lowest BCUT2D eigenvalue weighted by Gasteiger charge is -2.53. The Balaban J connectivity index is 1.36. The summed E-state index contributed by atoms with van der Waals surface area (Å²) in [6.07, 6.45) is 6.93. The van der Waals surface area contributed by atoms with Gasteiger partial charge >= 0.3 is 0 Å². The number of hydrogen-bond donors (Lipinski definition) is 0. The maximum Gasteiger partial charge on any atom is 0.247 e. The molecular weight excluding hydrogens is 364 g/mol. The molecule has 1 aromatic rings. The third-order valence-corrected chi connectivity index (χ3v) is 7.55. The predicted octanol–water partition coefficient (Wildman–Crippen LogP) is 2.47. The average Bonchev–Trinajstić information content (AvgIpc) is 3.65. The van der Waals surface area contributed by atoms with Crippen molar-refractivity contribution in [2.45, 2.75) is 51.5 Å². The molecule has 0 aromatic carbocycles. The first-order valence-electron chi connectivity index (χ1n) is 11.3. The second-order valence-corrected chi connectivity index (χ2v) is 9.68. The summed E-state index contributed by atoms with van der Waals surface area (Å²) in [5.74, 6) is 2.03. The lowest BCUT2D eigenvalue weighted by atomic mass is 9.81. The summed E-state index contributed by atoms with van der Waals surface area (Å²) in [6.45, 7) is 8.19. The summed E-state index contributed by atoms with van der Waals surface area (Å²) < 4.78 is 0. The number of pyridine rings is 1. The molecule has 2 saturated heterocycles. The number of anilines is 1. The number of carbonyl (C=O) groups excluding carboxylic acids is 2. The van der Waals surface area contributed by atoms with Crippen molar-refractivity contribution in [1.82, 2.24) is 14.8 Å². The Labute approximate surface area is 173 Å². The number of aryl methyl sites for hydroxylation is 1. The van der Waals surface area contributed by atoms with E-state index in [0.29, 0.717) is 24.9 Å². The SMILES string of the molecule is Cc1ccc(N2CCN(CC3CC3)C3(CCN(C(=O)[C@@H]4C[C@H]4C)CC3)C2=O)cn1. The van der Waals surface area contributed by atoms with E-state index in [9.17, 15) is 9.59 Å². The second-order valence-electron chi connectivity index (χ2n) is 9.68. The van der Waals surface area contributed by atoms with Crippen LogP contribution in [-0.2, 0) is 9.59 Å². The van der Waals surface area contributed by atoms with Crippen molar-refractivity contribution in [3.63, 3.8) is 0 Å². The molecule has 2 aliphatic carbocycles. The van der Waals surface area contributed by atoms with Crippen LogP contribution in [0.15, 0.2) is 18.3 Å². The molecule has 0 N–H and O–H groups in total. The first-order valence-corrected chi connectivity index (χ1v) is 11.3. The van der Waals surface area contributed by atoms with Crippen LogP contribution in [0.3, 0.4) is 0 Å². The maximum atomic E-state index is 13.8. The Kier molecular flexibility index (Phi) is 4.65. The first kappa shape index (κ1) is 19.0. The fourth-order valence-corrected chi connectivity index (χ4v) is 5.19. The molecule has 0 radical (unpaired) electrons. The fourth-order valence-electron chi connectivity index (χ4n) is 5.19. The van der Waals surface area contributed by atoms with Crippen LogP contribution >= 0.6 is 0 Å². The summed E-state index contributed by atoms with van der Waals surface area (Å²) in [5.41, 5.74) is 1.40. The summed E-state index contributed by atoms with van der Waals surface area (Å²) in [4.78, 5) is 37.4. The van der Waals surface area contributed by atoms with E-state index in [0.717, 1.165) is 56.2 Å². The summed E-state index contributed by atoms with van der Waals surface area (Å²) >= 11 is 0. The van der Waals surface area contributed by atoms with Crippen LogP contribution in [0, 0.1) is 24.7 Å². The molecule has 2 atom stereocenters. The van der Waals surface area contributed by atoms with Crippen molar-refractivity contribution in [2.24, 2.45) is 17.8 Å². The van der Waals surface area contributed by atoms with Crippen LogP contribution in [0.4, 0.5) is 5.69 Å². The second kappa shape index (κ2) is 7.08. The summed E-state index contributed by atoms with van der Waals surface area (Å²) in [7, 11) is 0. The van der Waals surface area contributed by atoms with E-state index in [1.54, 1.807) is 0 Å². The van der Waals surface area contributed by atoms with E-state index >= 15 is 0 Å². The van der Waals surface area contributed by atoms with Gasteiger partial charge in [0.25, 0.3) is 0 Å². The van der Waals surface area contributed by atoms with E-state index in [1.165, 1.54) is 12.8 Å². The van der Waals surface area contributed by atoms with Gasteiger partial charge < -0.3 is 9.80 Å². The topological polar surface area (TPSA) is 56.8 Å². The number of piperazine rings is 1. The van der Waals surface area contributed by atoms with E-state index in [-0.39, 0.29) is 11.8 Å². The van der Waals surface area contributed by atoms with Crippen LogP contribution in [0.5, 0.6) is 0 Å². The molecule has 1 spiro atoms. The van der Waals surface area contributed by atoms with Gasteiger partial charge in [-0.1, -0.05) is 6.92 Å². The molecule has 6 heteroatoms. The van der Waals surface area contributed by atoms with Crippen molar-refractivity contribution < 1.29 is 9.59 Å². The Morgan fingerprint density at radius 2 is 1.90 bits per heavy atom. The van der Waals surface area contributed by atoms with E-state index in [4.69, 9.17) is 0 Å². The number of carbonyl (C=O) groups is 2. The van der Waals surface area contributed by atoms with Crippen molar-refractivity contribution in [3.05, 3.63) is 24.0 Å². The van der Waals surface area contributed by atoms with E-state index in [1.807, 2.05) is 35.1 Å². The van der Waals surface area contributed by atoms with Gasteiger partial charge in [-0.05, 0) is 63.0 Å². The fraction of sp³-hybridized carbons (Fsp3) is 0.696. The highest BCUT2D eigenvalue weighted by Crippen LogP contribution is 2.42. The Bertz CT molecular complexity index is 796. The highest BCUT2D eigenvalue weighted by molar-refractivity contribution is 6.01. The number of amides is 2. The molecule has 1 aromatic heterocycles. The minimum atomic E-state index is -0.461. The lowest BCUT2D eigenvalue weighted by Crippen LogP contribution is -2.69. The molecule has 3 heterocycles. The molecule has 156 valence electrons. The van der Waals surface area contributed by atoms with Gasteiger partial charge in [0.1, 0.15) is 5.54 Å². The third-order valence-electron chi connectivity index (χ3n) is 7.55. The van der Waals surface area contributed by atoms with Gasteiger partial charge in [0.15, 0.2) is 0 Å². The number of aromatic nitrogens is 1. The number of nitrogens with zero attached hydrogens (tertiary/aromatic N) is 4. The molecule has 4 fully saturated rings. The number of likely N-dealkylation sites (tertiary alicyclic amines) is 1. The molecule has 0 bridgehead atoms.